The number of hydrogen-bond acceptors (Lipinski definition) is 8. The van der Waals surface area contributed by atoms with Crippen LogP contribution in [-0.2, 0) is 4.79 Å². The van der Waals surface area contributed by atoms with Gasteiger partial charge in [0.1, 0.15) is 0 Å². The van der Waals surface area contributed by atoms with Crippen molar-refractivity contribution in [3.05, 3.63) is 23.8 Å². The van der Waals surface area contributed by atoms with Crippen molar-refractivity contribution < 1.29 is 4.79 Å². The first-order valence-electron chi connectivity index (χ1n) is 7.90. The summed E-state index contributed by atoms with van der Waals surface area (Å²) in [6.45, 7) is 4.22. The zero-order valence-corrected chi connectivity index (χ0v) is 17.2. The highest BCUT2D eigenvalue weighted by Gasteiger charge is 2.11. The van der Waals surface area contributed by atoms with Gasteiger partial charge in [-0.2, -0.15) is 0 Å². The maximum atomic E-state index is 12.1. The molecule has 0 spiro atoms. The highest BCUT2D eigenvalue weighted by atomic mass is 32.2. The lowest BCUT2D eigenvalue weighted by Gasteiger charge is -1.98. The Labute approximate surface area is 163 Å². The molecule has 0 aliphatic carbocycles. The van der Waals surface area contributed by atoms with E-state index in [2.05, 4.69) is 33.5 Å². The predicted octanol–water partition coefficient (Wildman–Crippen LogP) is 5.08. The number of hydrogen-bond donors (Lipinski definition) is 1. The number of nitrogens with zero attached hydrogens (tertiary/aromatic N) is 3. The number of fused-ring (bicyclic) bond motifs is 1. The number of unbranched alkanes of at least 4 members (excludes halogenated alkanes) is 1. The van der Waals surface area contributed by atoms with Gasteiger partial charge in [-0.3, -0.25) is 4.79 Å². The molecule has 3 aromatic rings. The fourth-order valence-corrected chi connectivity index (χ4v) is 5.94. The van der Waals surface area contributed by atoms with Crippen molar-refractivity contribution in [2.75, 3.05) is 16.8 Å². The lowest BCUT2D eigenvalue weighted by atomic mass is 10.2. The first-order chi connectivity index (χ1) is 12.1. The van der Waals surface area contributed by atoms with Crippen LogP contribution in [0.2, 0.25) is 0 Å². The van der Waals surface area contributed by atoms with Gasteiger partial charge in [-0.1, -0.05) is 65.6 Å². The number of aryl methyl sites for hydroxylation is 1. The Kier molecular flexibility index (Phi) is 6.69. The van der Waals surface area contributed by atoms with E-state index in [0.29, 0.717) is 10.9 Å². The van der Waals surface area contributed by atoms with E-state index in [1.165, 1.54) is 41.5 Å². The van der Waals surface area contributed by atoms with Gasteiger partial charge in [-0.15, -0.1) is 10.2 Å². The van der Waals surface area contributed by atoms with E-state index in [9.17, 15) is 4.79 Å². The van der Waals surface area contributed by atoms with E-state index in [4.69, 9.17) is 0 Å². The second-order valence-electron chi connectivity index (χ2n) is 5.36. The third-order valence-corrected chi connectivity index (χ3v) is 7.44. The molecule has 1 N–H and O–H groups in total. The summed E-state index contributed by atoms with van der Waals surface area (Å²) < 4.78 is 2.88. The van der Waals surface area contributed by atoms with Crippen molar-refractivity contribution in [2.24, 2.45) is 0 Å². The maximum absolute atomic E-state index is 12.1. The van der Waals surface area contributed by atoms with Crippen LogP contribution in [0.3, 0.4) is 0 Å². The zero-order valence-electron chi connectivity index (χ0n) is 13.9. The Hall–Kier alpha value is -1.16. The molecule has 1 amide bonds. The standard InChI is InChI=1S/C16H18N4OS4/c1-3-4-7-22-15-19-20-16(25-15)23-9-13(21)18-14-17-11-6-5-10(2)8-12(11)24-14/h5-6,8H,3-4,7,9H2,1-2H3,(H,17,18,21). The molecule has 0 aliphatic rings. The SMILES string of the molecule is CCCCSc1nnc(SCC(=O)Nc2nc3ccc(C)cc3s2)s1. The molecule has 0 aliphatic heterocycles. The largest absolute Gasteiger partial charge is 0.301 e. The van der Waals surface area contributed by atoms with Crippen LogP contribution in [-0.4, -0.2) is 32.6 Å². The van der Waals surface area contributed by atoms with Crippen LogP contribution in [0.5, 0.6) is 0 Å². The average molecular weight is 411 g/mol. The van der Waals surface area contributed by atoms with Crippen LogP contribution in [0.4, 0.5) is 5.13 Å². The Bertz CT molecular complexity index is 861. The van der Waals surface area contributed by atoms with Crippen LogP contribution in [0.15, 0.2) is 26.9 Å². The summed E-state index contributed by atoms with van der Waals surface area (Å²) in [5.74, 6) is 1.30. The number of rotatable bonds is 8. The third kappa shape index (κ3) is 5.40. The highest BCUT2D eigenvalue weighted by Crippen LogP contribution is 2.30. The van der Waals surface area contributed by atoms with Crippen molar-refractivity contribution in [3.8, 4) is 0 Å². The number of carbonyl (C=O) groups excluding carboxylic acids is 1. The molecule has 9 heteroatoms. The molecule has 3 rings (SSSR count). The Balaban J connectivity index is 1.50. The van der Waals surface area contributed by atoms with Crippen molar-refractivity contribution >= 4 is 67.5 Å². The van der Waals surface area contributed by atoms with Gasteiger partial charge < -0.3 is 5.32 Å². The van der Waals surface area contributed by atoms with Crippen LogP contribution >= 0.6 is 46.2 Å². The fraction of sp³-hybridized carbons (Fsp3) is 0.375. The number of amides is 1. The van der Waals surface area contributed by atoms with Crippen LogP contribution < -0.4 is 5.32 Å². The first-order valence-corrected chi connectivity index (χ1v) is 11.5. The summed E-state index contributed by atoms with van der Waals surface area (Å²) in [5, 5.41) is 11.8. The number of carbonyl (C=O) groups is 1. The Morgan fingerprint density at radius 1 is 1.20 bits per heavy atom. The topological polar surface area (TPSA) is 67.8 Å². The number of anilines is 1. The normalized spacial score (nSPS) is 11.1. The molecule has 0 saturated carbocycles. The van der Waals surface area contributed by atoms with Crippen LogP contribution in [0.25, 0.3) is 10.2 Å². The molecule has 2 heterocycles. The Morgan fingerprint density at radius 2 is 2.00 bits per heavy atom. The minimum Gasteiger partial charge on any atom is -0.301 e. The smallest absolute Gasteiger partial charge is 0.236 e. The van der Waals surface area contributed by atoms with E-state index in [0.717, 1.165) is 24.6 Å². The summed E-state index contributed by atoms with van der Waals surface area (Å²) in [6.07, 6.45) is 2.36. The van der Waals surface area contributed by atoms with Gasteiger partial charge in [0.05, 0.1) is 16.0 Å². The molecule has 2 aromatic heterocycles. The summed E-state index contributed by atoms with van der Waals surface area (Å²) >= 11 is 6.19. The number of aromatic nitrogens is 3. The zero-order chi connectivity index (χ0) is 17.6. The minimum atomic E-state index is -0.0730. The average Bonchev–Trinajstić information content (AvgIpc) is 3.19. The van der Waals surface area contributed by atoms with Crippen molar-refractivity contribution in [2.45, 2.75) is 35.4 Å². The van der Waals surface area contributed by atoms with E-state index in [1.54, 1.807) is 23.1 Å². The van der Waals surface area contributed by atoms with Crippen LogP contribution in [0.1, 0.15) is 25.3 Å². The first kappa shape index (κ1) is 18.6. The van der Waals surface area contributed by atoms with E-state index in [1.807, 2.05) is 19.1 Å². The molecule has 0 bridgehead atoms. The molecule has 25 heavy (non-hydrogen) atoms. The quantitative estimate of drug-likeness (QED) is 0.413. The van der Waals surface area contributed by atoms with Gasteiger partial charge >= 0.3 is 0 Å². The van der Waals surface area contributed by atoms with Crippen molar-refractivity contribution in [1.29, 1.82) is 0 Å². The molecule has 0 radical (unpaired) electrons. The summed E-state index contributed by atoms with van der Waals surface area (Å²) in [6, 6.07) is 6.08. The molecule has 0 fully saturated rings. The molecular formula is C16H18N4OS4. The van der Waals surface area contributed by atoms with E-state index >= 15 is 0 Å². The highest BCUT2D eigenvalue weighted by molar-refractivity contribution is 8.03. The maximum Gasteiger partial charge on any atom is 0.236 e. The van der Waals surface area contributed by atoms with Gasteiger partial charge in [-0.25, -0.2) is 4.98 Å². The second-order valence-corrected chi connectivity index (χ2v) is 9.94. The number of thiazole rings is 1. The molecule has 0 unspecified atom stereocenters. The van der Waals surface area contributed by atoms with E-state index < -0.39 is 0 Å². The van der Waals surface area contributed by atoms with Gasteiger partial charge in [0.2, 0.25) is 5.91 Å². The number of nitrogens with one attached hydrogen (secondary N) is 1. The molecule has 132 valence electrons. The molecular weight excluding hydrogens is 392 g/mol. The monoisotopic (exact) mass is 410 g/mol. The molecule has 0 saturated heterocycles. The molecule has 1 aromatic carbocycles. The minimum absolute atomic E-state index is 0.0730. The summed E-state index contributed by atoms with van der Waals surface area (Å²) in [5.41, 5.74) is 2.10. The molecule has 0 atom stereocenters. The summed E-state index contributed by atoms with van der Waals surface area (Å²) in [4.78, 5) is 16.6. The van der Waals surface area contributed by atoms with Gasteiger partial charge in [0, 0.05) is 5.75 Å². The van der Waals surface area contributed by atoms with Gasteiger partial charge in [0.15, 0.2) is 13.8 Å². The van der Waals surface area contributed by atoms with Crippen molar-refractivity contribution in [1.82, 2.24) is 15.2 Å². The Morgan fingerprint density at radius 3 is 2.80 bits per heavy atom. The third-order valence-electron chi connectivity index (χ3n) is 3.23. The number of benzene rings is 1. The predicted molar refractivity (Wildman–Crippen MR) is 109 cm³/mol. The number of thioether (sulfide) groups is 2. The van der Waals surface area contributed by atoms with Gasteiger partial charge in [0.25, 0.3) is 0 Å². The van der Waals surface area contributed by atoms with Crippen LogP contribution in [0, 0.1) is 6.92 Å². The lowest BCUT2D eigenvalue weighted by Crippen LogP contribution is -2.13. The molecule has 5 nitrogen and oxygen atoms in total. The van der Waals surface area contributed by atoms with E-state index in [-0.39, 0.29) is 5.91 Å². The summed E-state index contributed by atoms with van der Waals surface area (Å²) in [7, 11) is 0. The second kappa shape index (κ2) is 8.98. The van der Waals surface area contributed by atoms with Gasteiger partial charge in [-0.05, 0) is 31.0 Å². The fourth-order valence-electron chi connectivity index (χ4n) is 1.99. The lowest BCUT2D eigenvalue weighted by molar-refractivity contribution is -0.113. The van der Waals surface area contributed by atoms with Crippen molar-refractivity contribution in [3.63, 3.8) is 0 Å².